The maximum atomic E-state index is 14.4. The molecule has 1 N–H and O–H groups in total. The Morgan fingerprint density at radius 2 is 1.76 bits per heavy atom. The molecule has 4 fully saturated rings. The van der Waals surface area contributed by atoms with E-state index in [1.807, 2.05) is 6.07 Å². The molecule has 37 heavy (non-hydrogen) atoms. The highest BCUT2D eigenvalue weighted by Gasteiger charge is 2.38. The third-order valence-corrected chi connectivity index (χ3v) is 9.13. The number of fused-ring (bicyclic) bond motifs is 6. The number of carboxylic acids is 1. The molecule has 4 aliphatic rings. The average Bonchev–Trinajstić information content (AvgIpc) is 2.84. The van der Waals surface area contributed by atoms with Gasteiger partial charge in [-0.1, -0.05) is 31.5 Å². The third kappa shape index (κ3) is 5.92. The molecule has 3 unspecified atom stereocenters. The molecular weight excluding hydrogens is 479 g/mol. The van der Waals surface area contributed by atoms with Crippen molar-refractivity contribution in [2.45, 2.75) is 96.0 Å². The van der Waals surface area contributed by atoms with E-state index in [-0.39, 0.29) is 29.2 Å². The first-order valence-electron chi connectivity index (χ1n) is 14.0. The Morgan fingerprint density at radius 3 is 2.46 bits per heavy atom. The molecule has 3 atom stereocenters. The fourth-order valence-corrected chi connectivity index (χ4v) is 6.89. The summed E-state index contributed by atoms with van der Waals surface area (Å²) in [4.78, 5) is 14.0. The number of ether oxygens (including phenoxy) is 1. The number of carbonyl (C=O) groups is 1. The van der Waals surface area contributed by atoms with Gasteiger partial charge in [-0.3, -0.25) is 9.69 Å². The number of rotatable bonds is 6. The van der Waals surface area contributed by atoms with Gasteiger partial charge in [-0.05, 0) is 98.1 Å². The van der Waals surface area contributed by atoms with Crippen LogP contribution < -0.4 is 4.74 Å². The second-order valence-electron chi connectivity index (χ2n) is 11.5. The molecule has 2 saturated carbocycles. The van der Waals surface area contributed by atoms with Gasteiger partial charge in [0.05, 0.1) is 12.0 Å². The monoisotopic (exact) mass is 517 g/mol. The maximum Gasteiger partial charge on any atom is 0.420 e. The Balaban J connectivity index is 1.41. The van der Waals surface area contributed by atoms with E-state index >= 15 is 0 Å². The fourth-order valence-electron chi connectivity index (χ4n) is 6.89. The van der Waals surface area contributed by atoms with Gasteiger partial charge in [0.1, 0.15) is 11.3 Å². The van der Waals surface area contributed by atoms with Gasteiger partial charge in [-0.25, -0.2) is 0 Å². The molecule has 2 aromatic carbocycles. The molecule has 7 heteroatoms. The van der Waals surface area contributed by atoms with Gasteiger partial charge >= 0.3 is 12.1 Å². The van der Waals surface area contributed by atoms with Gasteiger partial charge in [-0.2, -0.15) is 13.2 Å². The molecule has 2 saturated heterocycles. The molecule has 2 aromatic rings. The second-order valence-corrected chi connectivity index (χ2v) is 11.5. The van der Waals surface area contributed by atoms with Crippen LogP contribution in [-0.4, -0.2) is 34.7 Å². The largest absolute Gasteiger partial charge is 0.490 e. The summed E-state index contributed by atoms with van der Waals surface area (Å²) in [5.41, 5.74) is 0.154. The van der Waals surface area contributed by atoms with E-state index in [1.54, 1.807) is 18.2 Å². The molecule has 2 aliphatic heterocycles. The summed E-state index contributed by atoms with van der Waals surface area (Å²) < 4.78 is 49.3. The Hall–Kier alpha value is -2.28. The van der Waals surface area contributed by atoms with Crippen LogP contribution in [0.1, 0.15) is 82.3 Å². The maximum absolute atomic E-state index is 14.4. The molecule has 202 valence electrons. The quantitative estimate of drug-likeness (QED) is 0.427. The highest BCUT2D eigenvalue weighted by Crippen LogP contribution is 2.43. The second kappa shape index (κ2) is 10.8. The van der Waals surface area contributed by atoms with Gasteiger partial charge in [-0.15, -0.1) is 0 Å². The highest BCUT2D eigenvalue weighted by molar-refractivity contribution is 5.89. The first kappa shape index (κ1) is 26.3. The van der Waals surface area contributed by atoms with Crippen molar-refractivity contribution in [1.82, 2.24) is 4.90 Å². The van der Waals surface area contributed by atoms with Crippen molar-refractivity contribution in [1.29, 1.82) is 0 Å². The van der Waals surface area contributed by atoms with Crippen LogP contribution in [-0.2, 0) is 17.5 Å². The molecule has 0 spiro atoms. The lowest BCUT2D eigenvalue weighted by Crippen LogP contribution is -2.46. The van der Waals surface area contributed by atoms with E-state index in [2.05, 4.69) is 11.8 Å². The number of alkyl halides is 3. The minimum absolute atomic E-state index is 0.0632. The number of aliphatic carboxylic acids is 1. The molecule has 2 bridgehead atoms. The van der Waals surface area contributed by atoms with Crippen molar-refractivity contribution < 1.29 is 27.8 Å². The van der Waals surface area contributed by atoms with E-state index < -0.39 is 17.7 Å². The average molecular weight is 518 g/mol. The van der Waals surface area contributed by atoms with E-state index in [4.69, 9.17) is 4.74 Å². The van der Waals surface area contributed by atoms with Gasteiger partial charge in [0.25, 0.3) is 0 Å². The van der Waals surface area contributed by atoms with E-state index in [9.17, 15) is 23.1 Å². The molecule has 0 aromatic heterocycles. The third-order valence-electron chi connectivity index (χ3n) is 9.13. The molecule has 0 amide bonds. The standard InChI is InChI=1S/C30H38F3NO3/c1-2-19-6-12-25(13-7-19)37-27-14-10-22-8-4-21(15-26(22)28(27)30(31,32)33)18-34-17-20-3-9-23(29(35)36)16-24(34)11-5-20/h4,8,10,14-15,19-20,23-25H,2-3,5-7,9,11-13,16-18H2,1H3,(H,35,36). The zero-order chi connectivity index (χ0) is 26.2. The Labute approximate surface area is 217 Å². The van der Waals surface area contributed by atoms with Crippen molar-refractivity contribution in [3.8, 4) is 5.75 Å². The summed E-state index contributed by atoms with van der Waals surface area (Å²) in [5, 5.41) is 10.4. The van der Waals surface area contributed by atoms with Crippen molar-refractivity contribution in [2.75, 3.05) is 6.54 Å². The molecule has 2 aliphatic carbocycles. The number of halogens is 3. The lowest BCUT2D eigenvalue weighted by atomic mass is 9.78. The number of benzene rings is 2. The SMILES string of the molecule is CCC1CCC(Oc2ccc3ccc(CN4CC5CCC(C(=O)O)CC4CC5)cc3c2C(F)(F)F)CC1. The number of hydrogen-bond donors (Lipinski definition) is 1. The van der Waals surface area contributed by atoms with Crippen LogP contribution in [0, 0.1) is 17.8 Å². The van der Waals surface area contributed by atoms with Crippen molar-refractivity contribution >= 4 is 16.7 Å². The normalized spacial score (nSPS) is 29.1. The van der Waals surface area contributed by atoms with Gasteiger partial charge < -0.3 is 9.84 Å². The van der Waals surface area contributed by atoms with E-state index in [1.165, 1.54) is 6.07 Å². The topological polar surface area (TPSA) is 49.8 Å². The molecule has 4 nitrogen and oxygen atoms in total. The lowest BCUT2D eigenvalue weighted by molar-refractivity contribution is -0.144. The van der Waals surface area contributed by atoms with Crippen LogP contribution in [0.5, 0.6) is 5.75 Å². The summed E-state index contributed by atoms with van der Waals surface area (Å²) in [7, 11) is 0. The Morgan fingerprint density at radius 1 is 1.03 bits per heavy atom. The Bertz CT molecular complexity index is 1110. The van der Waals surface area contributed by atoms with Crippen LogP contribution >= 0.6 is 0 Å². The predicted octanol–water partition coefficient (Wildman–Crippen LogP) is 7.67. The minimum atomic E-state index is -4.53. The summed E-state index contributed by atoms with van der Waals surface area (Å²) in [5.74, 6) is -0.0376. The van der Waals surface area contributed by atoms with Crippen molar-refractivity contribution in [3.05, 3.63) is 41.5 Å². The van der Waals surface area contributed by atoms with Crippen LogP contribution in [0.4, 0.5) is 13.2 Å². The number of nitrogens with zero attached hydrogens (tertiary/aromatic N) is 1. The molecule has 6 rings (SSSR count). The van der Waals surface area contributed by atoms with Crippen molar-refractivity contribution in [3.63, 3.8) is 0 Å². The zero-order valence-corrected chi connectivity index (χ0v) is 21.6. The van der Waals surface area contributed by atoms with Crippen LogP contribution in [0.3, 0.4) is 0 Å². The smallest absolute Gasteiger partial charge is 0.420 e. The minimum Gasteiger partial charge on any atom is -0.490 e. The highest BCUT2D eigenvalue weighted by atomic mass is 19.4. The summed E-state index contributed by atoms with van der Waals surface area (Å²) in [6.45, 7) is 3.58. The molecular formula is C30H38F3NO3. The van der Waals surface area contributed by atoms with E-state index in [0.29, 0.717) is 30.2 Å². The van der Waals surface area contributed by atoms with E-state index in [0.717, 1.165) is 69.9 Å². The lowest BCUT2D eigenvalue weighted by Gasteiger charge is -2.43. The predicted molar refractivity (Wildman–Crippen MR) is 138 cm³/mol. The molecule has 0 radical (unpaired) electrons. The summed E-state index contributed by atoms with van der Waals surface area (Å²) >= 11 is 0. The number of hydrogen-bond acceptors (Lipinski definition) is 3. The van der Waals surface area contributed by atoms with Crippen LogP contribution in [0.15, 0.2) is 30.3 Å². The van der Waals surface area contributed by atoms with Crippen molar-refractivity contribution in [2.24, 2.45) is 17.8 Å². The van der Waals surface area contributed by atoms with Gasteiger partial charge in [0.15, 0.2) is 0 Å². The summed E-state index contributed by atoms with van der Waals surface area (Å²) in [6.07, 6.45) is 4.28. The summed E-state index contributed by atoms with van der Waals surface area (Å²) in [6, 6.07) is 8.74. The first-order chi connectivity index (χ1) is 17.7. The first-order valence-corrected chi connectivity index (χ1v) is 14.0. The fraction of sp³-hybridized carbons (Fsp3) is 0.633. The number of carboxylic acid groups (broad SMARTS) is 1. The van der Waals surface area contributed by atoms with Crippen LogP contribution in [0.25, 0.3) is 10.8 Å². The number of piperidine rings is 1. The molecule has 2 heterocycles. The zero-order valence-electron chi connectivity index (χ0n) is 21.6. The van der Waals surface area contributed by atoms with Crippen LogP contribution in [0.2, 0.25) is 0 Å². The van der Waals surface area contributed by atoms with Gasteiger partial charge in [0.2, 0.25) is 0 Å². The Kier molecular flexibility index (Phi) is 7.71. The van der Waals surface area contributed by atoms with Gasteiger partial charge in [0, 0.05) is 19.1 Å².